The van der Waals surface area contributed by atoms with Crippen molar-refractivity contribution in [1.29, 1.82) is 0 Å². The molecule has 0 saturated heterocycles. The molecule has 0 bridgehead atoms. The van der Waals surface area contributed by atoms with E-state index in [1.54, 1.807) is 16.4 Å². The molecule has 144 valence electrons. The van der Waals surface area contributed by atoms with Crippen LogP contribution < -0.4 is 0 Å². The largest absolute Gasteiger partial charge is 0.348 e. The van der Waals surface area contributed by atoms with E-state index >= 15 is 0 Å². The molecule has 1 aliphatic heterocycles. The average Bonchev–Trinajstić information content (AvgIpc) is 3.17. The molecule has 1 atom stereocenters. The van der Waals surface area contributed by atoms with Crippen LogP contribution in [0.2, 0.25) is 0 Å². The Bertz CT molecular complexity index is 1110. The lowest BCUT2D eigenvalue weighted by atomic mass is 10.0. The Morgan fingerprint density at radius 1 is 0.964 bits per heavy atom. The monoisotopic (exact) mass is 394 g/mol. The standard InChI is InChI=1S/C22H22N2O3S/c1-16-5-7-19(8-6-16)22-21-4-3-13-23(21)14-15-24(22)28(26,27)20-11-9-18(10-12-20)17(2)25/h3-13,22H,14-15H2,1-2H3. The predicted molar refractivity (Wildman–Crippen MR) is 108 cm³/mol. The lowest BCUT2D eigenvalue weighted by Crippen LogP contribution is -2.42. The number of benzene rings is 2. The molecule has 6 heteroatoms. The summed E-state index contributed by atoms with van der Waals surface area (Å²) in [5, 5.41) is 0. The normalized spacial score (nSPS) is 17.3. The highest BCUT2D eigenvalue weighted by Crippen LogP contribution is 2.36. The van der Waals surface area contributed by atoms with Gasteiger partial charge < -0.3 is 4.57 Å². The van der Waals surface area contributed by atoms with Crippen molar-refractivity contribution < 1.29 is 13.2 Å². The van der Waals surface area contributed by atoms with E-state index in [2.05, 4.69) is 4.57 Å². The predicted octanol–water partition coefficient (Wildman–Crippen LogP) is 3.79. The van der Waals surface area contributed by atoms with Gasteiger partial charge in [0.25, 0.3) is 0 Å². The maximum atomic E-state index is 13.5. The summed E-state index contributed by atoms with van der Waals surface area (Å²) in [6, 6.07) is 17.7. The molecule has 1 aliphatic rings. The second-order valence-corrected chi connectivity index (χ2v) is 9.03. The number of Topliss-reactive ketones (excluding diaryl/α,β-unsaturated/α-hetero) is 1. The minimum atomic E-state index is -3.72. The van der Waals surface area contributed by atoms with Gasteiger partial charge in [-0.25, -0.2) is 8.42 Å². The minimum Gasteiger partial charge on any atom is -0.348 e. The molecule has 0 radical (unpaired) electrons. The SMILES string of the molecule is CC(=O)c1ccc(S(=O)(=O)N2CCn3cccc3C2c2ccc(C)cc2)cc1. The maximum absolute atomic E-state index is 13.5. The molecular formula is C22H22N2O3S. The highest BCUT2D eigenvalue weighted by molar-refractivity contribution is 7.89. The van der Waals surface area contributed by atoms with E-state index in [1.165, 1.54) is 19.1 Å². The van der Waals surface area contributed by atoms with Crippen LogP contribution in [0.3, 0.4) is 0 Å². The van der Waals surface area contributed by atoms with Crippen LogP contribution in [0, 0.1) is 6.92 Å². The van der Waals surface area contributed by atoms with Crippen molar-refractivity contribution in [3.8, 4) is 0 Å². The average molecular weight is 394 g/mol. The molecule has 0 N–H and O–H groups in total. The van der Waals surface area contributed by atoms with Crippen molar-refractivity contribution in [2.75, 3.05) is 6.54 Å². The van der Waals surface area contributed by atoms with Crippen LogP contribution in [0.1, 0.15) is 40.1 Å². The van der Waals surface area contributed by atoms with Crippen molar-refractivity contribution in [3.05, 3.63) is 89.2 Å². The van der Waals surface area contributed by atoms with Gasteiger partial charge in [0.1, 0.15) is 0 Å². The molecule has 3 aromatic rings. The molecular weight excluding hydrogens is 372 g/mol. The number of nitrogens with zero attached hydrogens (tertiary/aromatic N) is 2. The first kappa shape index (κ1) is 18.7. The van der Waals surface area contributed by atoms with E-state index in [1.807, 2.05) is 49.5 Å². The zero-order valence-electron chi connectivity index (χ0n) is 15.9. The quantitative estimate of drug-likeness (QED) is 0.633. The van der Waals surface area contributed by atoms with E-state index in [-0.39, 0.29) is 16.7 Å². The molecule has 4 rings (SSSR count). The first-order chi connectivity index (χ1) is 13.4. The number of fused-ring (bicyclic) bond motifs is 1. The lowest BCUT2D eigenvalue weighted by Gasteiger charge is -2.36. The molecule has 0 spiro atoms. The van der Waals surface area contributed by atoms with Gasteiger partial charge in [0, 0.05) is 30.5 Å². The number of hydrogen-bond acceptors (Lipinski definition) is 3. The van der Waals surface area contributed by atoms with Gasteiger partial charge in [0.15, 0.2) is 5.78 Å². The van der Waals surface area contributed by atoms with Gasteiger partial charge in [-0.05, 0) is 43.7 Å². The molecule has 2 aromatic carbocycles. The number of aryl methyl sites for hydroxylation is 1. The zero-order chi connectivity index (χ0) is 19.9. The smallest absolute Gasteiger partial charge is 0.244 e. The summed E-state index contributed by atoms with van der Waals surface area (Å²) in [5.41, 5.74) is 3.53. The van der Waals surface area contributed by atoms with Crippen molar-refractivity contribution in [1.82, 2.24) is 8.87 Å². The molecule has 1 unspecified atom stereocenters. The molecule has 0 aliphatic carbocycles. The van der Waals surface area contributed by atoms with E-state index in [0.29, 0.717) is 18.7 Å². The third-order valence-electron chi connectivity index (χ3n) is 5.25. The van der Waals surface area contributed by atoms with Gasteiger partial charge in [-0.1, -0.05) is 42.0 Å². The third-order valence-corrected chi connectivity index (χ3v) is 7.13. The van der Waals surface area contributed by atoms with Crippen LogP contribution in [-0.4, -0.2) is 29.6 Å². The van der Waals surface area contributed by atoms with Crippen LogP contribution >= 0.6 is 0 Å². The second kappa shape index (κ2) is 7.04. The van der Waals surface area contributed by atoms with Crippen molar-refractivity contribution >= 4 is 15.8 Å². The van der Waals surface area contributed by atoms with Gasteiger partial charge in [-0.15, -0.1) is 0 Å². The van der Waals surface area contributed by atoms with E-state index in [9.17, 15) is 13.2 Å². The van der Waals surface area contributed by atoms with Crippen LogP contribution in [-0.2, 0) is 16.6 Å². The summed E-state index contributed by atoms with van der Waals surface area (Å²) in [6.45, 7) is 4.47. The third kappa shape index (κ3) is 3.19. The summed E-state index contributed by atoms with van der Waals surface area (Å²) >= 11 is 0. The number of rotatable bonds is 4. The summed E-state index contributed by atoms with van der Waals surface area (Å²) < 4.78 is 30.6. The number of sulfonamides is 1. The van der Waals surface area contributed by atoms with Gasteiger partial charge in [-0.3, -0.25) is 4.79 Å². The highest BCUT2D eigenvalue weighted by atomic mass is 32.2. The lowest BCUT2D eigenvalue weighted by molar-refractivity contribution is 0.101. The highest BCUT2D eigenvalue weighted by Gasteiger charge is 2.37. The zero-order valence-corrected chi connectivity index (χ0v) is 16.7. The van der Waals surface area contributed by atoms with Gasteiger partial charge in [-0.2, -0.15) is 4.31 Å². The van der Waals surface area contributed by atoms with Crippen LogP contribution in [0.25, 0.3) is 0 Å². The van der Waals surface area contributed by atoms with E-state index in [4.69, 9.17) is 0 Å². The Balaban J connectivity index is 1.80. The number of hydrogen-bond donors (Lipinski definition) is 0. The number of ketones is 1. The summed E-state index contributed by atoms with van der Waals surface area (Å²) in [5.74, 6) is -0.0859. The molecule has 2 heterocycles. The Labute approximate surface area is 165 Å². The Hall–Kier alpha value is -2.70. The Morgan fingerprint density at radius 3 is 2.29 bits per heavy atom. The fourth-order valence-corrected chi connectivity index (χ4v) is 5.28. The fourth-order valence-electron chi connectivity index (χ4n) is 3.70. The Kier molecular flexibility index (Phi) is 4.69. The maximum Gasteiger partial charge on any atom is 0.244 e. The number of carbonyl (C=O) groups is 1. The first-order valence-corrected chi connectivity index (χ1v) is 10.7. The van der Waals surface area contributed by atoms with Crippen molar-refractivity contribution in [2.45, 2.75) is 31.3 Å². The fraction of sp³-hybridized carbons (Fsp3) is 0.227. The number of carbonyl (C=O) groups excluding carboxylic acids is 1. The molecule has 5 nitrogen and oxygen atoms in total. The van der Waals surface area contributed by atoms with Gasteiger partial charge in [0.05, 0.1) is 10.9 Å². The van der Waals surface area contributed by atoms with Crippen molar-refractivity contribution in [3.63, 3.8) is 0 Å². The second-order valence-electron chi connectivity index (χ2n) is 7.14. The first-order valence-electron chi connectivity index (χ1n) is 9.22. The van der Waals surface area contributed by atoms with Gasteiger partial charge >= 0.3 is 0 Å². The molecule has 0 saturated carbocycles. The molecule has 0 amide bonds. The van der Waals surface area contributed by atoms with Crippen LogP contribution in [0.15, 0.2) is 71.8 Å². The molecule has 0 fully saturated rings. The topological polar surface area (TPSA) is 59.4 Å². The summed E-state index contributed by atoms with van der Waals surface area (Å²) in [4.78, 5) is 11.7. The molecule has 1 aromatic heterocycles. The Morgan fingerprint density at radius 2 is 1.64 bits per heavy atom. The number of aromatic nitrogens is 1. The van der Waals surface area contributed by atoms with E-state index in [0.717, 1.165) is 16.8 Å². The summed E-state index contributed by atoms with van der Waals surface area (Å²) in [7, 11) is -3.72. The van der Waals surface area contributed by atoms with Crippen molar-refractivity contribution in [2.24, 2.45) is 0 Å². The van der Waals surface area contributed by atoms with Crippen LogP contribution in [0.4, 0.5) is 0 Å². The van der Waals surface area contributed by atoms with Gasteiger partial charge in [0.2, 0.25) is 10.0 Å². The van der Waals surface area contributed by atoms with Crippen LogP contribution in [0.5, 0.6) is 0 Å². The summed E-state index contributed by atoms with van der Waals surface area (Å²) in [6.07, 6.45) is 1.99. The molecule has 28 heavy (non-hydrogen) atoms. The minimum absolute atomic E-state index is 0.0859. The van der Waals surface area contributed by atoms with E-state index < -0.39 is 10.0 Å².